The van der Waals surface area contributed by atoms with E-state index in [2.05, 4.69) is 6.92 Å². The van der Waals surface area contributed by atoms with Crippen molar-refractivity contribution < 1.29 is 9.21 Å². The van der Waals surface area contributed by atoms with Crippen LogP contribution in [0.5, 0.6) is 0 Å². The standard InChI is InChI=1S/C13H14O2S2/c1-3-10-4-5-13(17-10)11(14)8-16-12-6-7-15-9(12)2/h4-7H,3,8H2,1-2H3. The van der Waals surface area contributed by atoms with Crippen LogP contribution in [-0.2, 0) is 6.42 Å². The van der Waals surface area contributed by atoms with E-state index in [4.69, 9.17) is 4.42 Å². The van der Waals surface area contributed by atoms with Crippen LogP contribution in [-0.4, -0.2) is 11.5 Å². The lowest BCUT2D eigenvalue weighted by Gasteiger charge is -1.97. The largest absolute Gasteiger partial charge is 0.468 e. The lowest BCUT2D eigenvalue weighted by Crippen LogP contribution is -1.99. The smallest absolute Gasteiger partial charge is 0.182 e. The number of hydrogen-bond donors (Lipinski definition) is 0. The number of rotatable bonds is 5. The summed E-state index contributed by atoms with van der Waals surface area (Å²) in [6.07, 6.45) is 2.65. The molecule has 2 aromatic rings. The molecule has 0 saturated carbocycles. The summed E-state index contributed by atoms with van der Waals surface area (Å²) < 4.78 is 5.19. The second-order valence-electron chi connectivity index (χ2n) is 3.67. The average molecular weight is 266 g/mol. The first-order valence-electron chi connectivity index (χ1n) is 5.49. The Morgan fingerprint density at radius 3 is 2.82 bits per heavy atom. The van der Waals surface area contributed by atoms with E-state index in [0.29, 0.717) is 5.75 Å². The first-order chi connectivity index (χ1) is 8.20. The maximum Gasteiger partial charge on any atom is 0.182 e. The number of carbonyl (C=O) groups is 1. The van der Waals surface area contributed by atoms with Crippen LogP contribution in [0.3, 0.4) is 0 Å². The summed E-state index contributed by atoms with van der Waals surface area (Å²) in [5.41, 5.74) is 0. The van der Waals surface area contributed by atoms with Crippen molar-refractivity contribution >= 4 is 28.9 Å². The molecule has 0 saturated heterocycles. The van der Waals surface area contributed by atoms with Crippen molar-refractivity contribution in [3.05, 3.63) is 40.0 Å². The van der Waals surface area contributed by atoms with Gasteiger partial charge in [-0.1, -0.05) is 6.92 Å². The minimum absolute atomic E-state index is 0.195. The molecular weight excluding hydrogens is 252 g/mol. The summed E-state index contributed by atoms with van der Waals surface area (Å²) >= 11 is 3.13. The van der Waals surface area contributed by atoms with Gasteiger partial charge >= 0.3 is 0 Å². The summed E-state index contributed by atoms with van der Waals surface area (Å²) in [6.45, 7) is 4.01. The summed E-state index contributed by atoms with van der Waals surface area (Å²) in [4.78, 5) is 15.1. The molecule has 0 atom stereocenters. The fourth-order valence-corrected chi connectivity index (χ4v) is 3.28. The van der Waals surface area contributed by atoms with Crippen molar-refractivity contribution in [2.75, 3.05) is 5.75 Å². The third-order valence-electron chi connectivity index (χ3n) is 2.45. The lowest BCUT2D eigenvalue weighted by atomic mass is 10.3. The number of furan rings is 1. The summed E-state index contributed by atoms with van der Waals surface area (Å²) in [7, 11) is 0. The lowest BCUT2D eigenvalue weighted by molar-refractivity contribution is 0.102. The Bertz CT molecular complexity index is 511. The molecule has 2 rings (SSSR count). The van der Waals surface area contributed by atoms with Crippen LogP contribution in [0.2, 0.25) is 0 Å². The predicted octanol–water partition coefficient (Wildman–Crippen LogP) is 4.19. The fraction of sp³-hybridized carbons (Fsp3) is 0.308. The highest BCUT2D eigenvalue weighted by Gasteiger charge is 2.11. The summed E-state index contributed by atoms with van der Waals surface area (Å²) in [5, 5.41) is 0. The molecular formula is C13H14O2S2. The molecule has 0 aromatic carbocycles. The van der Waals surface area contributed by atoms with Gasteiger partial charge in [0.1, 0.15) is 5.76 Å². The molecule has 0 N–H and O–H groups in total. The predicted molar refractivity (Wildman–Crippen MR) is 72.2 cm³/mol. The van der Waals surface area contributed by atoms with E-state index in [-0.39, 0.29) is 5.78 Å². The normalized spacial score (nSPS) is 10.7. The number of thiophene rings is 1. The Hall–Kier alpha value is -1.00. The highest BCUT2D eigenvalue weighted by atomic mass is 32.2. The van der Waals surface area contributed by atoms with Gasteiger partial charge < -0.3 is 4.42 Å². The van der Waals surface area contributed by atoms with Crippen LogP contribution >= 0.6 is 23.1 Å². The minimum atomic E-state index is 0.195. The van der Waals surface area contributed by atoms with Crippen LogP contribution in [0.25, 0.3) is 0 Å². The number of ketones is 1. The molecule has 0 aliphatic heterocycles. The molecule has 0 bridgehead atoms. The molecule has 0 aliphatic rings. The Labute approximate surface area is 109 Å². The first kappa shape index (κ1) is 12.5. The van der Waals surface area contributed by atoms with E-state index in [1.54, 1.807) is 17.6 Å². The summed E-state index contributed by atoms with van der Waals surface area (Å²) in [5.74, 6) is 1.55. The SMILES string of the molecule is CCc1ccc(C(=O)CSc2ccoc2C)s1. The van der Waals surface area contributed by atoms with Crippen molar-refractivity contribution in [1.29, 1.82) is 0 Å². The molecule has 0 spiro atoms. The van der Waals surface area contributed by atoms with Crippen LogP contribution in [0.4, 0.5) is 0 Å². The van der Waals surface area contributed by atoms with E-state index in [1.807, 2.05) is 25.1 Å². The second-order valence-corrected chi connectivity index (χ2v) is 5.86. The number of carbonyl (C=O) groups excluding carboxylic acids is 1. The monoisotopic (exact) mass is 266 g/mol. The third kappa shape index (κ3) is 3.01. The molecule has 90 valence electrons. The van der Waals surface area contributed by atoms with Gasteiger partial charge in [-0.25, -0.2) is 0 Å². The van der Waals surface area contributed by atoms with Gasteiger partial charge in [0, 0.05) is 9.77 Å². The van der Waals surface area contributed by atoms with Gasteiger partial charge in [-0.3, -0.25) is 4.79 Å². The molecule has 0 fully saturated rings. The van der Waals surface area contributed by atoms with Crippen LogP contribution < -0.4 is 0 Å². The van der Waals surface area contributed by atoms with E-state index < -0.39 is 0 Å². The molecule has 2 heterocycles. The number of aryl methyl sites for hydroxylation is 2. The zero-order valence-electron chi connectivity index (χ0n) is 9.86. The minimum Gasteiger partial charge on any atom is -0.468 e. The Balaban J connectivity index is 1.95. The van der Waals surface area contributed by atoms with Gasteiger partial charge in [0.15, 0.2) is 5.78 Å². The zero-order valence-corrected chi connectivity index (χ0v) is 11.5. The molecule has 2 aromatic heterocycles. The van der Waals surface area contributed by atoms with Gasteiger partial charge in [0.25, 0.3) is 0 Å². The third-order valence-corrected chi connectivity index (χ3v) is 4.87. The average Bonchev–Trinajstić information content (AvgIpc) is 2.94. The topological polar surface area (TPSA) is 30.2 Å². The van der Waals surface area contributed by atoms with Crippen LogP contribution in [0, 0.1) is 6.92 Å². The van der Waals surface area contributed by atoms with Crippen molar-refractivity contribution in [1.82, 2.24) is 0 Å². The van der Waals surface area contributed by atoms with Crippen molar-refractivity contribution in [3.63, 3.8) is 0 Å². The molecule has 0 unspecified atom stereocenters. The van der Waals surface area contributed by atoms with E-state index in [0.717, 1.165) is 22.0 Å². The number of thioether (sulfide) groups is 1. The second kappa shape index (κ2) is 5.56. The number of Topliss-reactive ketones (excluding diaryl/α,β-unsaturated/α-hetero) is 1. The van der Waals surface area contributed by atoms with Gasteiger partial charge in [-0.05, 0) is 31.5 Å². The van der Waals surface area contributed by atoms with Crippen molar-refractivity contribution in [3.8, 4) is 0 Å². The quantitative estimate of drug-likeness (QED) is 0.600. The van der Waals surface area contributed by atoms with Gasteiger partial charge in [-0.2, -0.15) is 0 Å². The van der Waals surface area contributed by atoms with E-state index in [9.17, 15) is 4.79 Å². The summed E-state index contributed by atoms with van der Waals surface area (Å²) in [6, 6.07) is 5.86. The molecule has 2 nitrogen and oxygen atoms in total. The molecule has 0 radical (unpaired) electrons. The molecule has 0 aliphatic carbocycles. The van der Waals surface area contributed by atoms with Crippen LogP contribution in [0.1, 0.15) is 27.2 Å². The fourth-order valence-electron chi connectivity index (χ4n) is 1.46. The Kier molecular flexibility index (Phi) is 4.07. The maximum absolute atomic E-state index is 11.9. The Morgan fingerprint density at radius 1 is 1.41 bits per heavy atom. The van der Waals surface area contributed by atoms with Gasteiger partial charge in [-0.15, -0.1) is 23.1 Å². The number of hydrogen-bond acceptors (Lipinski definition) is 4. The zero-order chi connectivity index (χ0) is 12.3. The van der Waals surface area contributed by atoms with Crippen LogP contribution in [0.15, 0.2) is 33.8 Å². The van der Waals surface area contributed by atoms with E-state index >= 15 is 0 Å². The highest BCUT2D eigenvalue weighted by Crippen LogP contribution is 2.25. The molecule has 4 heteroatoms. The van der Waals surface area contributed by atoms with Gasteiger partial charge in [0.05, 0.1) is 16.9 Å². The molecule has 17 heavy (non-hydrogen) atoms. The van der Waals surface area contributed by atoms with Gasteiger partial charge in [0.2, 0.25) is 0 Å². The first-order valence-corrected chi connectivity index (χ1v) is 7.29. The highest BCUT2D eigenvalue weighted by molar-refractivity contribution is 8.00. The Morgan fingerprint density at radius 2 is 2.24 bits per heavy atom. The van der Waals surface area contributed by atoms with Crippen molar-refractivity contribution in [2.24, 2.45) is 0 Å². The van der Waals surface area contributed by atoms with E-state index in [1.165, 1.54) is 16.6 Å². The molecule has 0 amide bonds. The van der Waals surface area contributed by atoms with Crippen molar-refractivity contribution in [2.45, 2.75) is 25.2 Å². The maximum atomic E-state index is 11.9.